The number of rotatable bonds is 4. The van der Waals surface area contributed by atoms with Gasteiger partial charge in [0, 0.05) is 25.7 Å². The lowest BCUT2D eigenvalue weighted by Gasteiger charge is -2.44. The van der Waals surface area contributed by atoms with Gasteiger partial charge in [0.1, 0.15) is 5.75 Å². The molecule has 1 aromatic carbocycles. The number of hydrogen-bond acceptors (Lipinski definition) is 5. The van der Waals surface area contributed by atoms with Crippen LogP contribution in [0, 0.1) is 6.92 Å². The first kappa shape index (κ1) is 17.7. The Morgan fingerprint density at radius 2 is 2.12 bits per heavy atom. The predicted octanol–water partition coefficient (Wildman–Crippen LogP) is 1.62. The SMILES string of the molecule is [CH2]C(C1c2ccc(OC)c(C=O)c2CCN1C(=O)O)N1CCOCC1. The number of aldehydes is 1. The van der Waals surface area contributed by atoms with Crippen molar-refractivity contribution in [2.75, 3.05) is 40.0 Å². The summed E-state index contributed by atoms with van der Waals surface area (Å²) in [7, 11) is 1.52. The zero-order valence-electron chi connectivity index (χ0n) is 14.3. The smallest absolute Gasteiger partial charge is 0.407 e. The summed E-state index contributed by atoms with van der Waals surface area (Å²) in [6, 6.07) is 2.91. The fraction of sp³-hybridized carbons (Fsp3) is 0.500. The fourth-order valence-corrected chi connectivity index (χ4v) is 3.80. The van der Waals surface area contributed by atoms with Gasteiger partial charge in [0.2, 0.25) is 0 Å². The average Bonchev–Trinajstić information content (AvgIpc) is 2.65. The third kappa shape index (κ3) is 3.21. The van der Waals surface area contributed by atoms with Crippen LogP contribution >= 0.6 is 0 Å². The van der Waals surface area contributed by atoms with Crippen molar-refractivity contribution in [2.24, 2.45) is 0 Å². The molecule has 1 saturated heterocycles. The number of amides is 1. The summed E-state index contributed by atoms with van der Waals surface area (Å²) < 4.78 is 10.7. The first-order chi connectivity index (χ1) is 12.1. The van der Waals surface area contributed by atoms with Gasteiger partial charge in [0.05, 0.1) is 31.9 Å². The van der Waals surface area contributed by atoms with E-state index >= 15 is 0 Å². The highest BCUT2D eigenvalue weighted by atomic mass is 16.5. The van der Waals surface area contributed by atoms with E-state index in [0.29, 0.717) is 50.6 Å². The van der Waals surface area contributed by atoms with E-state index in [-0.39, 0.29) is 6.04 Å². The number of ether oxygens (including phenoxy) is 2. The summed E-state index contributed by atoms with van der Waals surface area (Å²) >= 11 is 0. The lowest BCUT2D eigenvalue weighted by molar-refractivity contribution is 0.00250. The van der Waals surface area contributed by atoms with Crippen LogP contribution in [0.1, 0.15) is 27.5 Å². The number of morpholine rings is 1. The van der Waals surface area contributed by atoms with Crippen molar-refractivity contribution in [2.45, 2.75) is 18.5 Å². The molecule has 2 aliphatic heterocycles. The number of nitrogens with zero attached hydrogens (tertiary/aromatic N) is 2. The Kier molecular flexibility index (Phi) is 5.24. The lowest BCUT2D eigenvalue weighted by atomic mass is 9.85. The van der Waals surface area contributed by atoms with Crippen LogP contribution in [0.2, 0.25) is 0 Å². The van der Waals surface area contributed by atoms with Crippen LogP contribution in [0.25, 0.3) is 0 Å². The molecule has 135 valence electrons. The zero-order chi connectivity index (χ0) is 18.0. The van der Waals surface area contributed by atoms with Gasteiger partial charge in [-0.3, -0.25) is 14.6 Å². The van der Waals surface area contributed by atoms with Crippen LogP contribution in [0.5, 0.6) is 5.75 Å². The number of methoxy groups -OCH3 is 1. The molecule has 1 N–H and O–H groups in total. The van der Waals surface area contributed by atoms with Crippen LogP contribution in [0.3, 0.4) is 0 Å². The van der Waals surface area contributed by atoms with Crippen molar-refractivity contribution < 1.29 is 24.2 Å². The van der Waals surface area contributed by atoms with E-state index in [1.54, 1.807) is 6.07 Å². The zero-order valence-corrected chi connectivity index (χ0v) is 14.3. The summed E-state index contributed by atoms with van der Waals surface area (Å²) in [5.41, 5.74) is 2.20. The molecule has 1 amide bonds. The molecule has 0 saturated carbocycles. The Balaban J connectivity index is 2.04. The second-order valence-electron chi connectivity index (χ2n) is 6.25. The summed E-state index contributed by atoms with van der Waals surface area (Å²) in [5, 5.41) is 9.67. The van der Waals surface area contributed by atoms with Crippen molar-refractivity contribution in [3.63, 3.8) is 0 Å². The molecule has 0 aliphatic carbocycles. The van der Waals surface area contributed by atoms with E-state index in [0.717, 1.165) is 17.4 Å². The van der Waals surface area contributed by atoms with E-state index in [9.17, 15) is 14.7 Å². The van der Waals surface area contributed by atoms with Crippen molar-refractivity contribution in [3.05, 3.63) is 35.7 Å². The normalized spacial score (nSPS) is 22.2. The molecule has 0 bridgehead atoms. The molecule has 7 nitrogen and oxygen atoms in total. The summed E-state index contributed by atoms with van der Waals surface area (Å²) in [5.74, 6) is 0.517. The Morgan fingerprint density at radius 3 is 2.72 bits per heavy atom. The van der Waals surface area contributed by atoms with Crippen LogP contribution in [0.4, 0.5) is 4.79 Å². The first-order valence-electron chi connectivity index (χ1n) is 8.38. The largest absolute Gasteiger partial charge is 0.496 e. The molecule has 2 unspecified atom stereocenters. The van der Waals surface area contributed by atoms with Gasteiger partial charge < -0.3 is 14.6 Å². The van der Waals surface area contributed by atoms with E-state index in [1.165, 1.54) is 12.0 Å². The minimum absolute atomic E-state index is 0.257. The molecular formula is C18H23N2O5. The van der Waals surface area contributed by atoms with Crippen LogP contribution in [0.15, 0.2) is 12.1 Å². The molecular weight excluding hydrogens is 324 g/mol. The predicted molar refractivity (Wildman–Crippen MR) is 91.1 cm³/mol. The molecule has 2 aliphatic rings. The maximum atomic E-state index is 11.8. The van der Waals surface area contributed by atoms with Crippen molar-refractivity contribution in [1.29, 1.82) is 0 Å². The third-order valence-corrected chi connectivity index (χ3v) is 5.07. The fourth-order valence-electron chi connectivity index (χ4n) is 3.80. The van der Waals surface area contributed by atoms with E-state index in [4.69, 9.17) is 9.47 Å². The molecule has 7 heteroatoms. The standard InChI is InChI=1S/C18H23N2O5/c1-12(19-7-9-25-10-8-19)17-14-3-4-16(24-2)15(11-21)13(14)5-6-20(17)18(22)23/h3-4,11-12,17H,1,5-10H2,2H3,(H,22,23). The monoisotopic (exact) mass is 347 g/mol. The Labute approximate surface area is 147 Å². The van der Waals surface area contributed by atoms with E-state index in [1.807, 2.05) is 6.07 Å². The van der Waals surface area contributed by atoms with Gasteiger partial charge in [-0.2, -0.15) is 0 Å². The Morgan fingerprint density at radius 1 is 1.40 bits per heavy atom. The van der Waals surface area contributed by atoms with Gasteiger partial charge in [0.25, 0.3) is 0 Å². The second-order valence-corrected chi connectivity index (χ2v) is 6.25. The van der Waals surface area contributed by atoms with Crippen LogP contribution in [-0.4, -0.2) is 73.3 Å². The lowest BCUT2D eigenvalue weighted by Crippen LogP contribution is -2.52. The van der Waals surface area contributed by atoms with Crippen molar-refractivity contribution in [1.82, 2.24) is 9.80 Å². The number of carbonyl (C=O) groups is 2. The highest BCUT2D eigenvalue weighted by Crippen LogP contribution is 2.38. The number of hydrogen-bond donors (Lipinski definition) is 1. The van der Waals surface area contributed by atoms with Gasteiger partial charge in [-0.25, -0.2) is 4.79 Å². The topological polar surface area (TPSA) is 79.3 Å². The minimum Gasteiger partial charge on any atom is -0.496 e. The second kappa shape index (κ2) is 7.41. The minimum atomic E-state index is -0.971. The number of fused-ring (bicyclic) bond motifs is 1. The maximum absolute atomic E-state index is 11.8. The molecule has 25 heavy (non-hydrogen) atoms. The summed E-state index contributed by atoms with van der Waals surface area (Å²) in [4.78, 5) is 27.0. The highest BCUT2D eigenvalue weighted by molar-refractivity contribution is 5.83. The number of carboxylic acid groups (broad SMARTS) is 1. The molecule has 1 aromatic rings. The van der Waals surface area contributed by atoms with Gasteiger partial charge >= 0.3 is 6.09 Å². The molecule has 1 fully saturated rings. The molecule has 3 rings (SSSR count). The molecule has 1 radical (unpaired) electrons. The van der Waals surface area contributed by atoms with Crippen molar-refractivity contribution >= 4 is 12.4 Å². The molecule has 2 heterocycles. The van der Waals surface area contributed by atoms with Crippen LogP contribution in [-0.2, 0) is 11.2 Å². The summed E-state index contributed by atoms with van der Waals surface area (Å²) in [6.45, 7) is 7.24. The number of benzene rings is 1. The third-order valence-electron chi connectivity index (χ3n) is 5.07. The number of carbonyl (C=O) groups excluding carboxylic acids is 1. The average molecular weight is 347 g/mol. The van der Waals surface area contributed by atoms with Gasteiger partial charge in [-0.1, -0.05) is 6.07 Å². The molecule has 0 spiro atoms. The quantitative estimate of drug-likeness (QED) is 0.834. The van der Waals surface area contributed by atoms with Gasteiger partial charge in [0.15, 0.2) is 6.29 Å². The van der Waals surface area contributed by atoms with E-state index < -0.39 is 12.1 Å². The molecule has 0 aromatic heterocycles. The van der Waals surface area contributed by atoms with E-state index in [2.05, 4.69) is 11.8 Å². The molecule has 2 atom stereocenters. The van der Waals surface area contributed by atoms with Crippen LogP contribution < -0.4 is 4.74 Å². The highest BCUT2D eigenvalue weighted by Gasteiger charge is 2.38. The first-order valence-corrected chi connectivity index (χ1v) is 8.38. The Bertz CT molecular complexity index is 657. The van der Waals surface area contributed by atoms with Gasteiger partial charge in [-0.05, 0) is 30.5 Å². The maximum Gasteiger partial charge on any atom is 0.407 e. The summed E-state index contributed by atoms with van der Waals surface area (Å²) in [6.07, 6.45) is 0.304. The van der Waals surface area contributed by atoms with Crippen molar-refractivity contribution in [3.8, 4) is 5.75 Å². The van der Waals surface area contributed by atoms with Gasteiger partial charge in [-0.15, -0.1) is 0 Å². The Hall–Kier alpha value is -2.12.